The summed E-state index contributed by atoms with van der Waals surface area (Å²) in [7, 11) is 0. The third kappa shape index (κ3) is 5.12. The van der Waals surface area contributed by atoms with Crippen LogP contribution in [0, 0.1) is 0 Å². The molecule has 0 bridgehead atoms. The van der Waals surface area contributed by atoms with Crippen molar-refractivity contribution in [3.8, 4) is 0 Å². The van der Waals surface area contributed by atoms with Gasteiger partial charge in [-0.1, -0.05) is 49.0 Å². The van der Waals surface area contributed by atoms with Crippen LogP contribution in [0.1, 0.15) is 36.7 Å². The number of aromatic nitrogens is 1. The van der Waals surface area contributed by atoms with Crippen LogP contribution < -0.4 is 10.6 Å². The molecule has 2 aromatic rings. The van der Waals surface area contributed by atoms with Crippen molar-refractivity contribution in [3.05, 3.63) is 52.3 Å². The maximum absolute atomic E-state index is 12.2. The lowest BCUT2D eigenvalue weighted by atomic mass is 10.2. The number of nitrogens with one attached hydrogen (secondary N) is 2. The highest BCUT2D eigenvalue weighted by Gasteiger charge is 2.12. The minimum atomic E-state index is -0.350. The lowest BCUT2D eigenvalue weighted by Crippen LogP contribution is -2.14. The van der Waals surface area contributed by atoms with Gasteiger partial charge in [-0.25, -0.2) is 4.98 Å². The number of hydrogen-bond donors (Lipinski definition) is 2. The maximum Gasteiger partial charge on any atom is 0.274 e. The van der Waals surface area contributed by atoms with Crippen molar-refractivity contribution in [3.63, 3.8) is 0 Å². The van der Waals surface area contributed by atoms with E-state index in [2.05, 4.69) is 22.5 Å². The molecule has 1 amide bonds. The first-order valence-electron chi connectivity index (χ1n) is 7.57. The molecule has 2 rings (SSSR count). The predicted octanol–water partition coefficient (Wildman–Crippen LogP) is 5.24. The molecule has 1 aromatic heterocycles. The first kappa shape index (κ1) is 17.6. The molecule has 1 heterocycles. The van der Waals surface area contributed by atoms with Crippen LogP contribution in [0.4, 0.5) is 11.4 Å². The second-order valence-corrected chi connectivity index (χ2v) is 5.93. The normalized spacial score (nSPS) is 10.4. The average Bonchev–Trinajstić information content (AvgIpc) is 2.55. The quantitative estimate of drug-likeness (QED) is 0.670. The van der Waals surface area contributed by atoms with Gasteiger partial charge in [-0.15, -0.1) is 0 Å². The molecular formula is C17H19Cl2N3O. The third-order valence-electron chi connectivity index (χ3n) is 3.31. The summed E-state index contributed by atoms with van der Waals surface area (Å²) in [5.41, 5.74) is 1.60. The van der Waals surface area contributed by atoms with Gasteiger partial charge in [-0.3, -0.25) is 4.79 Å². The van der Waals surface area contributed by atoms with Gasteiger partial charge >= 0.3 is 0 Å². The fourth-order valence-electron chi connectivity index (χ4n) is 2.04. The maximum atomic E-state index is 12.2. The fraction of sp³-hybridized carbons (Fsp3) is 0.294. The van der Waals surface area contributed by atoms with Gasteiger partial charge in [0.05, 0.1) is 27.6 Å². The molecule has 2 N–H and O–H groups in total. The highest BCUT2D eigenvalue weighted by Crippen LogP contribution is 2.30. The van der Waals surface area contributed by atoms with E-state index in [0.29, 0.717) is 21.4 Å². The second kappa shape index (κ2) is 8.75. The number of anilines is 2. The first-order chi connectivity index (χ1) is 11.1. The molecule has 4 nitrogen and oxygen atoms in total. The van der Waals surface area contributed by atoms with Crippen molar-refractivity contribution in [2.45, 2.75) is 26.2 Å². The highest BCUT2D eigenvalue weighted by atomic mass is 35.5. The number of pyridine rings is 1. The number of para-hydroxylation sites is 1. The molecular weight excluding hydrogens is 333 g/mol. The Hall–Kier alpha value is -1.78. The summed E-state index contributed by atoms with van der Waals surface area (Å²) in [5.74, 6) is -0.350. The lowest BCUT2D eigenvalue weighted by molar-refractivity contribution is 0.102. The van der Waals surface area contributed by atoms with Gasteiger partial charge in [0.25, 0.3) is 5.91 Å². The monoisotopic (exact) mass is 351 g/mol. The minimum absolute atomic E-state index is 0.306. The Balaban J connectivity index is 1.97. The van der Waals surface area contributed by atoms with Gasteiger partial charge in [0.15, 0.2) is 0 Å². The Morgan fingerprint density at radius 1 is 1.13 bits per heavy atom. The zero-order valence-electron chi connectivity index (χ0n) is 12.9. The number of nitrogens with zero attached hydrogens (tertiary/aromatic N) is 1. The Morgan fingerprint density at radius 2 is 1.87 bits per heavy atom. The third-order valence-corrected chi connectivity index (χ3v) is 3.94. The molecule has 0 aliphatic rings. The molecule has 0 atom stereocenters. The van der Waals surface area contributed by atoms with Crippen LogP contribution in [-0.4, -0.2) is 17.4 Å². The van der Waals surface area contributed by atoms with Gasteiger partial charge < -0.3 is 10.6 Å². The van der Waals surface area contributed by atoms with Crippen molar-refractivity contribution >= 4 is 40.5 Å². The summed E-state index contributed by atoms with van der Waals surface area (Å²) in [5, 5.41) is 6.74. The van der Waals surface area contributed by atoms with E-state index in [4.69, 9.17) is 23.2 Å². The van der Waals surface area contributed by atoms with E-state index in [0.717, 1.165) is 18.7 Å². The largest absolute Gasteiger partial charge is 0.384 e. The molecule has 0 radical (unpaired) electrons. The van der Waals surface area contributed by atoms with Crippen LogP contribution >= 0.6 is 23.2 Å². The van der Waals surface area contributed by atoms with Gasteiger partial charge in [0, 0.05) is 6.54 Å². The minimum Gasteiger partial charge on any atom is -0.384 e. The summed E-state index contributed by atoms with van der Waals surface area (Å²) in [6.07, 6.45) is 5.14. The Kier molecular flexibility index (Phi) is 6.68. The number of halogens is 2. The van der Waals surface area contributed by atoms with Crippen LogP contribution in [0.2, 0.25) is 10.0 Å². The standard InChI is InChI=1S/C17H19Cl2N3O/c1-2-3-4-10-20-12-8-9-15(21-11-12)17(23)22-16-13(18)6-5-7-14(16)19/h5-9,11,20H,2-4,10H2,1H3,(H,22,23). The lowest BCUT2D eigenvalue weighted by Gasteiger charge is -2.09. The predicted molar refractivity (Wildman–Crippen MR) is 96.7 cm³/mol. The van der Waals surface area contributed by atoms with Crippen molar-refractivity contribution < 1.29 is 4.79 Å². The summed E-state index contributed by atoms with van der Waals surface area (Å²) in [6, 6.07) is 8.56. The van der Waals surface area contributed by atoms with E-state index in [-0.39, 0.29) is 5.91 Å². The topological polar surface area (TPSA) is 54.0 Å². The fourth-order valence-corrected chi connectivity index (χ4v) is 2.53. The second-order valence-electron chi connectivity index (χ2n) is 5.12. The van der Waals surface area contributed by atoms with Crippen LogP contribution in [0.25, 0.3) is 0 Å². The van der Waals surface area contributed by atoms with Crippen molar-refractivity contribution in [1.29, 1.82) is 0 Å². The molecule has 0 spiro atoms. The number of hydrogen-bond acceptors (Lipinski definition) is 3. The average molecular weight is 352 g/mol. The summed E-state index contributed by atoms with van der Waals surface area (Å²) >= 11 is 12.1. The number of unbranched alkanes of at least 4 members (excludes halogenated alkanes) is 2. The molecule has 6 heteroatoms. The van der Waals surface area contributed by atoms with Gasteiger partial charge in [0.2, 0.25) is 0 Å². The number of amides is 1. The zero-order chi connectivity index (χ0) is 16.7. The highest BCUT2D eigenvalue weighted by molar-refractivity contribution is 6.39. The van der Waals surface area contributed by atoms with Crippen LogP contribution in [0.15, 0.2) is 36.5 Å². The number of carbonyl (C=O) groups is 1. The van der Waals surface area contributed by atoms with Crippen LogP contribution in [0.5, 0.6) is 0 Å². The number of benzene rings is 1. The van der Waals surface area contributed by atoms with Gasteiger partial charge in [-0.2, -0.15) is 0 Å². The first-order valence-corrected chi connectivity index (χ1v) is 8.32. The van der Waals surface area contributed by atoms with Crippen LogP contribution in [0.3, 0.4) is 0 Å². The van der Waals surface area contributed by atoms with Gasteiger partial charge in [0.1, 0.15) is 5.69 Å². The van der Waals surface area contributed by atoms with Crippen molar-refractivity contribution in [2.75, 3.05) is 17.2 Å². The van der Waals surface area contributed by atoms with E-state index < -0.39 is 0 Å². The van der Waals surface area contributed by atoms with Crippen LogP contribution in [-0.2, 0) is 0 Å². The van der Waals surface area contributed by atoms with E-state index in [9.17, 15) is 4.79 Å². The van der Waals surface area contributed by atoms with E-state index >= 15 is 0 Å². The zero-order valence-corrected chi connectivity index (χ0v) is 14.4. The van der Waals surface area contributed by atoms with Gasteiger partial charge in [-0.05, 0) is 30.7 Å². The molecule has 23 heavy (non-hydrogen) atoms. The number of rotatable bonds is 7. The molecule has 0 unspecified atom stereocenters. The van der Waals surface area contributed by atoms with E-state index in [1.54, 1.807) is 30.5 Å². The summed E-state index contributed by atoms with van der Waals surface area (Å²) in [6.45, 7) is 3.07. The van der Waals surface area contributed by atoms with E-state index in [1.165, 1.54) is 12.8 Å². The molecule has 0 aliphatic carbocycles. The molecule has 0 fully saturated rings. The smallest absolute Gasteiger partial charge is 0.274 e. The summed E-state index contributed by atoms with van der Waals surface area (Å²) < 4.78 is 0. The molecule has 0 saturated carbocycles. The van der Waals surface area contributed by atoms with E-state index in [1.807, 2.05) is 6.07 Å². The molecule has 0 aliphatic heterocycles. The SMILES string of the molecule is CCCCCNc1ccc(C(=O)Nc2c(Cl)cccc2Cl)nc1. The molecule has 122 valence electrons. The Labute approximate surface area is 146 Å². The molecule has 1 aromatic carbocycles. The molecule has 0 saturated heterocycles. The Morgan fingerprint density at radius 3 is 2.48 bits per heavy atom. The Bertz CT molecular complexity index is 639. The number of carbonyl (C=O) groups excluding carboxylic acids is 1. The van der Waals surface area contributed by atoms with Crippen molar-refractivity contribution in [1.82, 2.24) is 4.98 Å². The summed E-state index contributed by atoms with van der Waals surface area (Å²) in [4.78, 5) is 16.4. The van der Waals surface area contributed by atoms with Crippen molar-refractivity contribution in [2.24, 2.45) is 0 Å².